The summed E-state index contributed by atoms with van der Waals surface area (Å²) in [5, 5.41) is 7.98. The summed E-state index contributed by atoms with van der Waals surface area (Å²) in [5.74, 6) is 0.847. The predicted molar refractivity (Wildman–Crippen MR) is 117 cm³/mol. The molecule has 0 aliphatic heterocycles. The number of rotatable bonds is 5. The minimum absolute atomic E-state index is 0. The summed E-state index contributed by atoms with van der Waals surface area (Å²) in [6.45, 7) is 1.65. The molecule has 0 amide bonds. The summed E-state index contributed by atoms with van der Waals surface area (Å²) >= 11 is 0. The van der Waals surface area contributed by atoms with E-state index in [1.165, 1.54) is 36.6 Å². The molecular formula is C20H27IN4. The molecule has 5 heteroatoms. The molecule has 1 aromatic carbocycles. The quantitative estimate of drug-likeness (QED) is 0.307. The van der Waals surface area contributed by atoms with E-state index < -0.39 is 0 Å². The van der Waals surface area contributed by atoms with E-state index in [1.54, 1.807) is 5.57 Å². The standard InChI is InChI=1S/C20H26N4.HI/c1-21-20(23-14-12-16-7-3-2-4-8-16)24-15-18-10-5-9-17-11-6-13-22-19(17)18;/h5-7,9-11,13H,2-4,8,12,14-15H2,1H3,(H2,21,23,24);1H. The third-order valence-electron chi connectivity index (χ3n) is 4.51. The smallest absolute Gasteiger partial charge is 0.191 e. The fraction of sp³-hybridized carbons (Fsp3) is 0.400. The molecule has 0 radical (unpaired) electrons. The van der Waals surface area contributed by atoms with E-state index in [1.807, 2.05) is 19.3 Å². The number of aliphatic imine (C=N–C) groups is 1. The van der Waals surface area contributed by atoms with Crippen LogP contribution in [-0.4, -0.2) is 24.5 Å². The number of aromatic nitrogens is 1. The second kappa shape index (κ2) is 10.4. The monoisotopic (exact) mass is 450 g/mol. The van der Waals surface area contributed by atoms with Gasteiger partial charge in [0.1, 0.15) is 0 Å². The van der Waals surface area contributed by atoms with Crippen molar-refractivity contribution in [3.63, 3.8) is 0 Å². The Bertz CT molecular complexity index is 734. The van der Waals surface area contributed by atoms with Crippen LogP contribution in [0.5, 0.6) is 0 Å². The molecule has 1 heterocycles. The highest BCUT2D eigenvalue weighted by Crippen LogP contribution is 2.19. The van der Waals surface area contributed by atoms with Gasteiger partial charge in [0.05, 0.1) is 5.52 Å². The van der Waals surface area contributed by atoms with E-state index in [0.29, 0.717) is 0 Å². The minimum Gasteiger partial charge on any atom is -0.356 e. The average Bonchev–Trinajstić information content (AvgIpc) is 2.65. The Labute approximate surface area is 167 Å². The molecule has 0 saturated carbocycles. The molecule has 0 fully saturated rings. The zero-order valence-corrected chi connectivity index (χ0v) is 17.1. The lowest BCUT2D eigenvalue weighted by Gasteiger charge is -2.15. The third-order valence-corrected chi connectivity index (χ3v) is 4.51. The third kappa shape index (κ3) is 5.70. The summed E-state index contributed by atoms with van der Waals surface area (Å²) < 4.78 is 0. The molecule has 4 nitrogen and oxygen atoms in total. The number of pyridine rings is 1. The van der Waals surface area contributed by atoms with Crippen LogP contribution in [0.15, 0.2) is 53.2 Å². The molecule has 0 unspecified atom stereocenters. The van der Waals surface area contributed by atoms with Crippen molar-refractivity contribution in [2.45, 2.75) is 38.6 Å². The largest absolute Gasteiger partial charge is 0.356 e. The Kier molecular flexibility index (Phi) is 8.18. The molecule has 1 aliphatic rings. The number of benzene rings is 1. The highest BCUT2D eigenvalue weighted by Gasteiger charge is 2.05. The molecule has 134 valence electrons. The van der Waals surface area contributed by atoms with Gasteiger partial charge in [0.2, 0.25) is 0 Å². The maximum atomic E-state index is 4.50. The number of nitrogens with zero attached hydrogens (tertiary/aromatic N) is 2. The lowest BCUT2D eigenvalue weighted by Crippen LogP contribution is -2.37. The molecule has 0 bridgehead atoms. The van der Waals surface area contributed by atoms with Gasteiger partial charge in [-0.15, -0.1) is 24.0 Å². The van der Waals surface area contributed by atoms with E-state index in [2.05, 4.69) is 51.0 Å². The van der Waals surface area contributed by atoms with Gasteiger partial charge in [0.25, 0.3) is 0 Å². The molecule has 0 spiro atoms. The van der Waals surface area contributed by atoms with Crippen molar-refractivity contribution in [3.05, 3.63) is 53.7 Å². The van der Waals surface area contributed by atoms with Crippen molar-refractivity contribution in [3.8, 4) is 0 Å². The number of hydrogen-bond donors (Lipinski definition) is 2. The van der Waals surface area contributed by atoms with E-state index >= 15 is 0 Å². The number of para-hydroxylation sites is 1. The number of allylic oxidation sites excluding steroid dienone is 1. The fourth-order valence-electron chi connectivity index (χ4n) is 3.18. The van der Waals surface area contributed by atoms with E-state index in [-0.39, 0.29) is 24.0 Å². The number of halogens is 1. The Morgan fingerprint density at radius 2 is 2.04 bits per heavy atom. The van der Waals surface area contributed by atoms with Crippen molar-refractivity contribution in [2.24, 2.45) is 4.99 Å². The zero-order chi connectivity index (χ0) is 16.6. The van der Waals surface area contributed by atoms with Crippen LogP contribution in [0, 0.1) is 0 Å². The highest BCUT2D eigenvalue weighted by atomic mass is 127. The van der Waals surface area contributed by atoms with Gasteiger partial charge < -0.3 is 10.6 Å². The van der Waals surface area contributed by atoms with Gasteiger partial charge in [-0.2, -0.15) is 0 Å². The normalized spacial score (nSPS) is 14.6. The molecule has 2 aromatic rings. The Morgan fingerprint density at radius 1 is 1.16 bits per heavy atom. The van der Waals surface area contributed by atoms with Crippen LogP contribution in [0.4, 0.5) is 0 Å². The van der Waals surface area contributed by atoms with Crippen LogP contribution >= 0.6 is 24.0 Å². The first-order valence-corrected chi connectivity index (χ1v) is 8.82. The van der Waals surface area contributed by atoms with Crippen LogP contribution < -0.4 is 10.6 Å². The second-order valence-electron chi connectivity index (χ2n) is 6.20. The van der Waals surface area contributed by atoms with E-state index in [4.69, 9.17) is 0 Å². The van der Waals surface area contributed by atoms with Crippen LogP contribution in [0.1, 0.15) is 37.7 Å². The molecule has 25 heavy (non-hydrogen) atoms. The lowest BCUT2D eigenvalue weighted by molar-refractivity contribution is 0.665. The fourth-order valence-corrected chi connectivity index (χ4v) is 3.18. The molecule has 3 rings (SSSR count). The van der Waals surface area contributed by atoms with Crippen LogP contribution in [-0.2, 0) is 6.54 Å². The number of hydrogen-bond acceptors (Lipinski definition) is 2. The molecule has 0 saturated heterocycles. The van der Waals surface area contributed by atoms with Gasteiger partial charge in [-0.1, -0.05) is 35.9 Å². The summed E-state index contributed by atoms with van der Waals surface area (Å²) in [4.78, 5) is 8.82. The summed E-state index contributed by atoms with van der Waals surface area (Å²) in [7, 11) is 1.82. The Morgan fingerprint density at radius 3 is 2.84 bits per heavy atom. The minimum atomic E-state index is 0. The first-order valence-electron chi connectivity index (χ1n) is 8.82. The first kappa shape index (κ1) is 19.7. The van der Waals surface area contributed by atoms with Gasteiger partial charge in [-0.3, -0.25) is 9.98 Å². The van der Waals surface area contributed by atoms with Crippen molar-refractivity contribution >= 4 is 40.8 Å². The number of guanidine groups is 1. The van der Waals surface area contributed by atoms with E-state index in [9.17, 15) is 0 Å². The molecule has 1 aromatic heterocycles. The summed E-state index contributed by atoms with van der Waals surface area (Å²) in [5.41, 5.74) is 3.82. The molecule has 2 N–H and O–H groups in total. The Hall–Kier alpha value is -1.63. The van der Waals surface area contributed by atoms with E-state index in [0.717, 1.165) is 31.0 Å². The highest BCUT2D eigenvalue weighted by molar-refractivity contribution is 14.0. The van der Waals surface area contributed by atoms with Gasteiger partial charge in [0, 0.05) is 31.7 Å². The SMILES string of the molecule is CN=C(NCCC1=CCCCC1)NCc1cccc2cccnc12.I. The van der Waals surface area contributed by atoms with Crippen molar-refractivity contribution in [1.82, 2.24) is 15.6 Å². The zero-order valence-electron chi connectivity index (χ0n) is 14.8. The first-order chi connectivity index (χ1) is 11.9. The van der Waals surface area contributed by atoms with Crippen LogP contribution in [0.2, 0.25) is 0 Å². The topological polar surface area (TPSA) is 49.3 Å². The van der Waals surface area contributed by atoms with Crippen LogP contribution in [0.25, 0.3) is 10.9 Å². The predicted octanol–water partition coefficient (Wildman–Crippen LogP) is 4.41. The van der Waals surface area contributed by atoms with Gasteiger partial charge >= 0.3 is 0 Å². The summed E-state index contributed by atoms with van der Waals surface area (Å²) in [6.07, 6.45) is 10.5. The maximum absolute atomic E-state index is 4.50. The van der Waals surface area contributed by atoms with Crippen molar-refractivity contribution in [1.29, 1.82) is 0 Å². The van der Waals surface area contributed by atoms with Gasteiger partial charge in [-0.05, 0) is 43.7 Å². The van der Waals surface area contributed by atoms with Gasteiger partial charge in [-0.25, -0.2) is 0 Å². The van der Waals surface area contributed by atoms with Crippen molar-refractivity contribution < 1.29 is 0 Å². The van der Waals surface area contributed by atoms with Gasteiger partial charge in [0.15, 0.2) is 5.96 Å². The summed E-state index contributed by atoms with van der Waals surface area (Å²) in [6, 6.07) is 10.3. The molecular weight excluding hydrogens is 423 g/mol. The average molecular weight is 450 g/mol. The number of nitrogens with one attached hydrogen (secondary N) is 2. The van der Waals surface area contributed by atoms with Crippen LogP contribution in [0.3, 0.4) is 0 Å². The number of fused-ring (bicyclic) bond motifs is 1. The molecule has 1 aliphatic carbocycles. The lowest BCUT2D eigenvalue weighted by atomic mass is 9.97. The van der Waals surface area contributed by atoms with Crippen molar-refractivity contribution in [2.75, 3.05) is 13.6 Å². The maximum Gasteiger partial charge on any atom is 0.191 e. The molecule has 0 atom stereocenters. The second-order valence-corrected chi connectivity index (χ2v) is 6.20. The Balaban J connectivity index is 0.00000225.